The monoisotopic (exact) mass is 342 g/mol. The lowest BCUT2D eigenvalue weighted by molar-refractivity contribution is 0.102. The number of hydrogen-bond acceptors (Lipinski definition) is 3. The molecule has 2 rings (SSSR count). The van der Waals surface area contributed by atoms with Crippen LogP contribution in [-0.2, 0) is 6.54 Å². The summed E-state index contributed by atoms with van der Waals surface area (Å²) in [6, 6.07) is 7.33. The Morgan fingerprint density at radius 3 is 2.56 bits per heavy atom. The van der Waals surface area contributed by atoms with Crippen molar-refractivity contribution < 1.29 is 9.53 Å². The minimum absolute atomic E-state index is 0.177. The summed E-state index contributed by atoms with van der Waals surface area (Å²) in [4.78, 5) is 25.5. The largest absolute Gasteiger partial charge is 0.495 e. The van der Waals surface area contributed by atoms with Crippen LogP contribution in [0.15, 0.2) is 35.3 Å². The second kappa shape index (κ2) is 8.01. The molecule has 0 radical (unpaired) electrons. The summed E-state index contributed by atoms with van der Waals surface area (Å²) in [5.74, 6) is 0.651. The van der Waals surface area contributed by atoms with E-state index in [1.54, 1.807) is 30.9 Å². The molecule has 0 fully saturated rings. The number of rotatable bonds is 6. The van der Waals surface area contributed by atoms with Gasteiger partial charge in [0, 0.05) is 12.7 Å². The highest BCUT2D eigenvalue weighted by Gasteiger charge is 2.18. The highest BCUT2D eigenvalue weighted by atomic mass is 16.5. The molecule has 2 aromatic rings. The number of para-hydroxylation sites is 1. The van der Waals surface area contributed by atoms with Crippen molar-refractivity contribution in [1.82, 2.24) is 4.57 Å². The topological polar surface area (TPSA) is 60.3 Å². The molecular formula is C20H26N2O3. The summed E-state index contributed by atoms with van der Waals surface area (Å²) in [6.07, 6.45) is 2.64. The predicted octanol–water partition coefficient (Wildman–Crippen LogP) is 3.77. The highest BCUT2D eigenvalue weighted by Crippen LogP contribution is 2.28. The number of hydrogen-bond donors (Lipinski definition) is 1. The standard InChI is InChI=1S/C20H26N2O3/c1-13(2)9-11-22-12-10-14(3)17(20(22)24)19(23)21-18-15(4)7-6-8-16(18)25-5/h6-8,10,12-13H,9,11H2,1-5H3,(H,21,23). The van der Waals surface area contributed by atoms with E-state index in [9.17, 15) is 9.59 Å². The van der Waals surface area contributed by atoms with E-state index in [0.717, 1.165) is 12.0 Å². The molecule has 1 aromatic heterocycles. The zero-order chi connectivity index (χ0) is 18.6. The Kier molecular flexibility index (Phi) is 6.02. The van der Waals surface area contributed by atoms with E-state index in [2.05, 4.69) is 19.2 Å². The van der Waals surface area contributed by atoms with Crippen molar-refractivity contribution in [3.8, 4) is 5.75 Å². The van der Waals surface area contributed by atoms with E-state index in [-0.39, 0.29) is 11.1 Å². The third-order valence-electron chi connectivity index (χ3n) is 4.24. The SMILES string of the molecule is COc1cccc(C)c1NC(=O)c1c(C)ccn(CCC(C)C)c1=O. The minimum Gasteiger partial charge on any atom is -0.495 e. The molecule has 0 bridgehead atoms. The number of amides is 1. The van der Waals surface area contributed by atoms with Gasteiger partial charge in [-0.3, -0.25) is 9.59 Å². The van der Waals surface area contributed by atoms with Crippen LogP contribution in [0.3, 0.4) is 0 Å². The van der Waals surface area contributed by atoms with Gasteiger partial charge in [0.15, 0.2) is 0 Å². The van der Waals surface area contributed by atoms with Crippen molar-refractivity contribution in [1.29, 1.82) is 0 Å². The van der Waals surface area contributed by atoms with Crippen molar-refractivity contribution in [3.63, 3.8) is 0 Å². The van der Waals surface area contributed by atoms with Crippen LogP contribution in [0.25, 0.3) is 0 Å². The molecular weight excluding hydrogens is 316 g/mol. The summed E-state index contributed by atoms with van der Waals surface area (Å²) >= 11 is 0. The van der Waals surface area contributed by atoms with Crippen LogP contribution in [0.5, 0.6) is 5.75 Å². The average Bonchev–Trinajstić information content (AvgIpc) is 2.56. The summed E-state index contributed by atoms with van der Waals surface area (Å²) in [6.45, 7) is 8.48. The van der Waals surface area contributed by atoms with E-state index in [0.29, 0.717) is 29.5 Å². The molecule has 0 aliphatic carbocycles. The number of carbonyl (C=O) groups is 1. The lowest BCUT2D eigenvalue weighted by Crippen LogP contribution is -2.30. The van der Waals surface area contributed by atoms with Crippen molar-refractivity contribution in [3.05, 3.63) is 57.5 Å². The molecule has 1 aromatic carbocycles. The Hall–Kier alpha value is -2.56. The van der Waals surface area contributed by atoms with Gasteiger partial charge in [0.2, 0.25) is 0 Å². The zero-order valence-electron chi connectivity index (χ0n) is 15.6. The molecule has 1 N–H and O–H groups in total. The maximum absolute atomic E-state index is 12.8. The number of pyridine rings is 1. The number of anilines is 1. The molecule has 0 atom stereocenters. The van der Waals surface area contributed by atoms with E-state index < -0.39 is 5.91 Å². The number of aromatic nitrogens is 1. The fourth-order valence-corrected chi connectivity index (χ4v) is 2.66. The van der Waals surface area contributed by atoms with Gasteiger partial charge in [-0.2, -0.15) is 0 Å². The molecule has 0 spiro atoms. The minimum atomic E-state index is -0.408. The first kappa shape index (κ1) is 18.8. The van der Waals surface area contributed by atoms with Gasteiger partial charge in [0.05, 0.1) is 12.8 Å². The number of nitrogens with one attached hydrogen (secondary N) is 1. The second-order valence-corrected chi connectivity index (χ2v) is 6.66. The normalized spacial score (nSPS) is 10.8. The molecule has 0 unspecified atom stereocenters. The van der Waals surface area contributed by atoms with E-state index in [1.807, 2.05) is 25.1 Å². The van der Waals surface area contributed by atoms with Crippen LogP contribution in [-0.4, -0.2) is 17.6 Å². The van der Waals surface area contributed by atoms with Gasteiger partial charge in [-0.1, -0.05) is 26.0 Å². The number of ether oxygens (including phenoxy) is 1. The van der Waals surface area contributed by atoms with Gasteiger partial charge in [0.25, 0.3) is 11.5 Å². The van der Waals surface area contributed by atoms with Gasteiger partial charge in [-0.05, 0) is 49.4 Å². The van der Waals surface area contributed by atoms with Crippen LogP contribution >= 0.6 is 0 Å². The van der Waals surface area contributed by atoms with Crippen molar-refractivity contribution in [2.45, 2.75) is 40.7 Å². The Bertz CT molecular complexity index is 822. The number of carbonyl (C=O) groups excluding carboxylic acids is 1. The van der Waals surface area contributed by atoms with Crippen LogP contribution in [0, 0.1) is 19.8 Å². The van der Waals surface area contributed by atoms with Gasteiger partial charge in [-0.15, -0.1) is 0 Å². The molecule has 0 saturated heterocycles. The fourth-order valence-electron chi connectivity index (χ4n) is 2.66. The molecule has 1 heterocycles. The molecule has 1 amide bonds. The zero-order valence-corrected chi connectivity index (χ0v) is 15.6. The fraction of sp³-hybridized carbons (Fsp3) is 0.400. The maximum atomic E-state index is 12.8. The third-order valence-corrected chi connectivity index (χ3v) is 4.24. The first-order chi connectivity index (χ1) is 11.8. The summed E-state index contributed by atoms with van der Waals surface area (Å²) in [5, 5.41) is 2.84. The van der Waals surface area contributed by atoms with Crippen LogP contribution < -0.4 is 15.6 Å². The molecule has 0 aliphatic heterocycles. The smallest absolute Gasteiger partial charge is 0.263 e. The van der Waals surface area contributed by atoms with Gasteiger partial charge in [0.1, 0.15) is 11.3 Å². The quantitative estimate of drug-likeness (QED) is 0.869. The molecule has 5 nitrogen and oxygen atoms in total. The first-order valence-corrected chi connectivity index (χ1v) is 8.50. The number of benzene rings is 1. The van der Waals surface area contributed by atoms with Crippen molar-refractivity contribution in [2.24, 2.45) is 5.92 Å². The summed E-state index contributed by atoms with van der Waals surface area (Å²) in [7, 11) is 1.55. The molecule has 0 saturated carbocycles. The lowest BCUT2D eigenvalue weighted by Gasteiger charge is -2.15. The molecule has 134 valence electrons. The van der Waals surface area contributed by atoms with Crippen LogP contribution in [0.1, 0.15) is 41.8 Å². The Balaban J connectivity index is 2.37. The first-order valence-electron chi connectivity index (χ1n) is 8.50. The van der Waals surface area contributed by atoms with Crippen molar-refractivity contribution in [2.75, 3.05) is 12.4 Å². The molecule has 25 heavy (non-hydrogen) atoms. The highest BCUT2D eigenvalue weighted by molar-refractivity contribution is 6.06. The van der Waals surface area contributed by atoms with E-state index in [4.69, 9.17) is 4.74 Å². The number of methoxy groups -OCH3 is 1. The predicted molar refractivity (Wildman–Crippen MR) is 101 cm³/mol. The second-order valence-electron chi connectivity index (χ2n) is 6.66. The number of aryl methyl sites for hydroxylation is 3. The summed E-state index contributed by atoms with van der Waals surface area (Å²) in [5.41, 5.74) is 2.05. The van der Waals surface area contributed by atoms with Gasteiger partial charge >= 0.3 is 0 Å². The Morgan fingerprint density at radius 2 is 1.92 bits per heavy atom. The number of nitrogens with zero attached hydrogens (tertiary/aromatic N) is 1. The summed E-state index contributed by atoms with van der Waals surface area (Å²) < 4.78 is 6.92. The Morgan fingerprint density at radius 1 is 1.20 bits per heavy atom. The maximum Gasteiger partial charge on any atom is 0.263 e. The Labute approximate surface area is 148 Å². The van der Waals surface area contributed by atoms with Crippen LogP contribution in [0.4, 0.5) is 5.69 Å². The van der Waals surface area contributed by atoms with Gasteiger partial charge < -0.3 is 14.6 Å². The molecule has 0 aliphatic rings. The van der Waals surface area contributed by atoms with Gasteiger partial charge in [-0.25, -0.2) is 0 Å². The third kappa shape index (κ3) is 4.29. The van der Waals surface area contributed by atoms with E-state index >= 15 is 0 Å². The average molecular weight is 342 g/mol. The van der Waals surface area contributed by atoms with E-state index in [1.165, 1.54) is 0 Å². The lowest BCUT2D eigenvalue weighted by atomic mass is 10.1. The van der Waals surface area contributed by atoms with Crippen LogP contribution in [0.2, 0.25) is 0 Å². The molecule has 5 heteroatoms. The van der Waals surface area contributed by atoms with Crippen molar-refractivity contribution >= 4 is 11.6 Å².